The van der Waals surface area contributed by atoms with Crippen molar-refractivity contribution in [2.75, 3.05) is 6.54 Å². The minimum Gasteiger partial charge on any atom is -0.338 e. The normalized spacial score (nSPS) is 27.0. The number of rotatable bonds is 5. The largest absolute Gasteiger partial charge is 0.338 e. The van der Waals surface area contributed by atoms with Crippen molar-refractivity contribution in [1.82, 2.24) is 10.2 Å². The number of amides is 2. The van der Waals surface area contributed by atoms with Crippen LogP contribution in [0.25, 0.3) is 0 Å². The van der Waals surface area contributed by atoms with Crippen LogP contribution in [0.4, 0.5) is 4.79 Å². The van der Waals surface area contributed by atoms with E-state index in [0.29, 0.717) is 18.0 Å². The summed E-state index contributed by atoms with van der Waals surface area (Å²) in [5, 5.41) is 3.13. The van der Waals surface area contributed by atoms with Crippen molar-refractivity contribution in [2.24, 2.45) is 0 Å². The third-order valence-corrected chi connectivity index (χ3v) is 5.30. The van der Waals surface area contributed by atoms with E-state index in [1.165, 1.54) is 31.2 Å². The lowest BCUT2D eigenvalue weighted by molar-refractivity contribution is 0.138. The quantitative estimate of drug-likeness (QED) is 0.808. The number of carbonyl (C=O) groups is 1. The smallest absolute Gasteiger partial charge is 0.317 e. The summed E-state index contributed by atoms with van der Waals surface area (Å²) < 4.78 is 0. The van der Waals surface area contributed by atoms with Gasteiger partial charge in [0.25, 0.3) is 0 Å². The molecule has 3 heteroatoms. The molecule has 120 valence electrons. The third-order valence-electron chi connectivity index (χ3n) is 5.30. The summed E-state index contributed by atoms with van der Waals surface area (Å²) in [4.78, 5) is 14.6. The Bertz CT molecular complexity index is 473. The average Bonchev–Trinajstić information content (AvgIpc) is 2.82. The molecule has 2 fully saturated rings. The zero-order valence-electron chi connectivity index (χ0n) is 13.6. The van der Waals surface area contributed by atoms with Gasteiger partial charge in [-0.3, -0.25) is 0 Å². The summed E-state index contributed by atoms with van der Waals surface area (Å²) in [6.07, 6.45) is 8.10. The van der Waals surface area contributed by atoms with E-state index >= 15 is 0 Å². The van der Waals surface area contributed by atoms with Gasteiger partial charge < -0.3 is 10.2 Å². The van der Waals surface area contributed by atoms with Gasteiger partial charge in [-0.05, 0) is 43.6 Å². The number of hydrogen-bond donors (Lipinski definition) is 1. The van der Waals surface area contributed by atoms with Crippen LogP contribution < -0.4 is 5.32 Å². The zero-order chi connectivity index (χ0) is 15.4. The minimum atomic E-state index is 0.176. The average molecular weight is 300 g/mol. The number of piperidine rings is 1. The molecule has 2 aliphatic rings. The Morgan fingerprint density at radius 2 is 1.82 bits per heavy atom. The Kier molecular flexibility index (Phi) is 5.01. The molecule has 0 saturated carbocycles. The number of nitrogens with one attached hydrogen (secondary N) is 1. The molecule has 0 spiro atoms. The van der Waals surface area contributed by atoms with Gasteiger partial charge in [-0.1, -0.05) is 50.1 Å². The second kappa shape index (κ2) is 7.17. The fourth-order valence-electron chi connectivity index (χ4n) is 4.17. The zero-order valence-corrected chi connectivity index (χ0v) is 13.6. The van der Waals surface area contributed by atoms with Gasteiger partial charge in [-0.25, -0.2) is 4.79 Å². The van der Waals surface area contributed by atoms with Crippen LogP contribution in [0, 0.1) is 0 Å². The minimum absolute atomic E-state index is 0.176. The van der Waals surface area contributed by atoms with Gasteiger partial charge in [0.05, 0.1) is 0 Å². The Labute approximate surface area is 134 Å². The number of benzene rings is 1. The van der Waals surface area contributed by atoms with E-state index < -0.39 is 0 Å². The summed E-state index contributed by atoms with van der Waals surface area (Å²) in [6, 6.07) is 11.9. The van der Waals surface area contributed by atoms with Crippen molar-refractivity contribution >= 4 is 6.03 Å². The van der Waals surface area contributed by atoms with E-state index in [1.807, 2.05) is 0 Å². The fraction of sp³-hybridized carbons (Fsp3) is 0.632. The van der Waals surface area contributed by atoms with Gasteiger partial charge in [0.1, 0.15) is 0 Å². The number of fused-ring (bicyclic) bond motifs is 2. The highest BCUT2D eigenvalue weighted by atomic mass is 16.2. The van der Waals surface area contributed by atoms with Gasteiger partial charge in [-0.2, -0.15) is 0 Å². The molecule has 22 heavy (non-hydrogen) atoms. The van der Waals surface area contributed by atoms with E-state index in [2.05, 4.69) is 47.5 Å². The molecule has 3 nitrogen and oxygen atoms in total. The lowest BCUT2D eigenvalue weighted by atomic mass is 9.85. The Morgan fingerprint density at radius 3 is 2.45 bits per heavy atom. The molecule has 2 heterocycles. The van der Waals surface area contributed by atoms with Crippen LogP contribution in [0.5, 0.6) is 0 Å². The molecule has 1 aromatic carbocycles. The van der Waals surface area contributed by atoms with E-state index in [4.69, 9.17) is 0 Å². The van der Waals surface area contributed by atoms with Crippen molar-refractivity contribution < 1.29 is 4.79 Å². The third kappa shape index (κ3) is 3.29. The van der Waals surface area contributed by atoms with Crippen molar-refractivity contribution in [2.45, 2.75) is 69.9 Å². The summed E-state index contributed by atoms with van der Waals surface area (Å²) >= 11 is 0. The van der Waals surface area contributed by atoms with E-state index in [0.717, 1.165) is 25.8 Å². The Morgan fingerprint density at radius 1 is 1.14 bits per heavy atom. The van der Waals surface area contributed by atoms with Gasteiger partial charge in [-0.15, -0.1) is 0 Å². The second-order valence-electron chi connectivity index (χ2n) is 6.81. The van der Waals surface area contributed by atoms with Crippen LogP contribution in [0.3, 0.4) is 0 Å². The lowest BCUT2D eigenvalue weighted by Crippen LogP contribution is -2.50. The maximum Gasteiger partial charge on any atom is 0.317 e. The van der Waals surface area contributed by atoms with Crippen LogP contribution in [0.2, 0.25) is 0 Å². The Hall–Kier alpha value is -1.51. The topological polar surface area (TPSA) is 32.3 Å². The highest BCUT2D eigenvalue weighted by Crippen LogP contribution is 2.42. The molecule has 2 amide bonds. The van der Waals surface area contributed by atoms with Crippen molar-refractivity contribution in [1.29, 1.82) is 0 Å². The molecular formula is C19H28N2O. The first-order valence-corrected chi connectivity index (χ1v) is 8.90. The number of nitrogens with zero attached hydrogens (tertiary/aromatic N) is 1. The Balaban J connectivity index is 1.57. The van der Waals surface area contributed by atoms with Crippen LogP contribution in [0.1, 0.15) is 63.4 Å². The highest BCUT2D eigenvalue weighted by molar-refractivity contribution is 5.75. The predicted molar refractivity (Wildman–Crippen MR) is 90.0 cm³/mol. The molecule has 3 rings (SSSR count). The first kappa shape index (κ1) is 15.4. The molecule has 1 aromatic rings. The molecular weight excluding hydrogens is 272 g/mol. The first-order valence-electron chi connectivity index (χ1n) is 8.90. The highest BCUT2D eigenvalue weighted by Gasteiger charge is 2.43. The van der Waals surface area contributed by atoms with E-state index in [-0.39, 0.29) is 6.03 Å². The molecule has 0 unspecified atom stereocenters. The predicted octanol–water partition coefficient (Wildman–Crippen LogP) is 4.30. The van der Waals surface area contributed by atoms with Crippen molar-refractivity contribution in [3.8, 4) is 0 Å². The summed E-state index contributed by atoms with van der Waals surface area (Å²) in [5.74, 6) is 0.628. The second-order valence-corrected chi connectivity index (χ2v) is 6.81. The maximum atomic E-state index is 12.5. The molecule has 2 saturated heterocycles. The molecule has 3 atom stereocenters. The number of hydrogen-bond acceptors (Lipinski definition) is 1. The van der Waals surface area contributed by atoms with Crippen molar-refractivity contribution in [3.63, 3.8) is 0 Å². The van der Waals surface area contributed by atoms with Gasteiger partial charge in [0, 0.05) is 18.6 Å². The van der Waals surface area contributed by atoms with Gasteiger partial charge in [0.2, 0.25) is 0 Å². The van der Waals surface area contributed by atoms with Crippen LogP contribution in [0.15, 0.2) is 30.3 Å². The van der Waals surface area contributed by atoms with E-state index in [9.17, 15) is 4.79 Å². The molecule has 0 aromatic heterocycles. The molecule has 1 N–H and O–H groups in total. The summed E-state index contributed by atoms with van der Waals surface area (Å²) in [5.41, 5.74) is 1.45. The monoisotopic (exact) mass is 300 g/mol. The van der Waals surface area contributed by atoms with Crippen molar-refractivity contribution in [3.05, 3.63) is 35.9 Å². The van der Waals surface area contributed by atoms with E-state index in [1.54, 1.807) is 0 Å². The molecule has 0 radical (unpaired) electrons. The number of carbonyl (C=O) groups excluding carboxylic acids is 1. The van der Waals surface area contributed by atoms with Gasteiger partial charge >= 0.3 is 6.03 Å². The maximum absolute atomic E-state index is 12.5. The SMILES string of the molecule is CCCCCNC(=O)N1[C@@H]2CC[C@H]1C[C@H](c1ccccc1)C2. The summed E-state index contributed by atoms with van der Waals surface area (Å²) in [7, 11) is 0. The van der Waals surface area contributed by atoms with Crippen LogP contribution >= 0.6 is 0 Å². The number of unbranched alkanes of at least 4 members (excludes halogenated alkanes) is 2. The van der Waals surface area contributed by atoms with Gasteiger partial charge in [0.15, 0.2) is 0 Å². The standard InChI is InChI=1S/C19H28N2O/c1-2-3-7-12-20-19(22)21-17-10-11-18(21)14-16(13-17)15-8-5-4-6-9-15/h4-6,8-9,16-18H,2-3,7,10-14H2,1H3,(H,20,22)/t16-,17-,18+. The summed E-state index contributed by atoms with van der Waals surface area (Å²) in [6.45, 7) is 3.02. The lowest BCUT2D eigenvalue weighted by Gasteiger charge is -2.39. The number of urea groups is 1. The van der Waals surface area contributed by atoms with Crippen LogP contribution in [-0.2, 0) is 0 Å². The fourth-order valence-corrected chi connectivity index (χ4v) is 4.17. The molecule has 2 aliphatic heterocycles. The first-order chi connectivity index (χ1) is 10.8. The van der Waals surface area contributed by atoms with Crippen LogP contribution in [-0.4, -0.2) is 29.6 Å². The molecule has 0 aliphatic carbocycles. The molecule has 2 bridgehead atoms.